The van der Waals surface area contributed by atoms with Crippen LogP contribution in [0.4, 0.5) is 5.82 Å². The number of halogens is 1. The van der Waals surface area contributed by atoms with Gasteiger partial charge in [0.05, 0.1) is 30.8 Å². The van der Waals surface area contributed by atoms with Gasteiger partial charge in [-0.15, -0.1) is 11.3 Å². The average Bonchev–Trinajstić information content (AvgIpc) is 3.05. The first kappa shape index (κ1) is 19.9. The van der Waals surface area contributed by atoms with Crippen LogP contribution < -0.4 is 5.32 Å². The zero-order valence-corrected chi connectivity index (χ0v) is 18.7. The molecule has 158 valence electrons. The number of fused-ring (bicyclic) bond motifs is 3. The minimum atomic E-state index is -0.159. The first-order valence-corrected chi connectivity index (χ1v) is 11.9. The summed E-state index contributed by atoms with van der Waals surface area (Å²) in [4.78, 5) is 14.0. The van der Waals surface area contributed by atoms with E-state index in [0.29, 0.717) is 24.0 Å². The predicted molar refractivity (Wildman–Crippen MR) is 117 cm³/mol. The van der Waals surface area contributed by atoms with Crippen molar-refractivity contribution < 1.29 is 9.47 Å². The van der Waals surface area contributed by atoms with Crippen LogP contribution in [0, 0.1) is 0 Å². The van der Waals surface area contributed by atoms with Crippen LogP contribution in [-0.2, 0) is 22.5 Å². The standard InChI is InChI=1S/C21H29ClN4O2S/c1-21(2)11-15-16(12-28-21)29-19-17(15)18(24-20(22)25-19)23-13-3-5-14(6-4-13)26-7-9-27-10-8-26/h13-14H,3-12H2,1-2H3,(H,23,24,25). The highest BCUT2D eigenvalue weighted by Gasteiger charge is 2.32. The summed E-state index contributed by atoms with van der Waals surface area (Å²) in [6.45, 7) is 8.84. The molecule has 8 heteroatoms. The molecule has 1 saturated heterocycles. The second kappa shape index (κ2) is 7.93. The molecule has 0 atom stereocenters. The number of thiophene rings is 1. The second-order valence-corrected chi connectivity index (χ2v) is 10.5. The molecule has 2 aromatic heterocycles. The van der Waals surface area contributed by atoms with Gasteiger partial charge in [0.15, 0.2) is 0 Å². The molecule has 1 saturated carbocycles. The molecule has 1 aliphatic carbocycles. The minimum Gasteiger partial charge on any atom is -0.379 e. The van der Waals surface area contributed by atoms with E-state index in [1.807, 2.05) is 0 Å². The molecule has 5 rings (SSSR count). The molecule has 6 nitrogen and oxygen atoms in total. The van der Waals surface area contributed by atoms with Crippen molar-refractivity contribution in [1.29, 1.82) is 0 Å². The van der Waals surface area contributed by atoms with Gasteiger partial charge in [-0.1, -0.05) is 0 Å². The lowest BCUT2D eigenvalue weighted by Gasteiger charge is -2.39. The summed E-state index contributed by atoms with van der Waals surface area (Å²) in [5.41, 5.74) is 1.18. The second-order valence-electron chi connectivity index (χ2n) is 9.05. The highest BCUT2D eigenvalue weighted by atomic mass is 35.5. The Morgan fingerprint density at radius 3 is 2.66 bits per heavy atom. The summed E-state index contributed by atoms with van der Waals surface area (Å²) in [6.07, 6.45) is 5.65. The number of nitrogens with zero attached hydrogens (tertiary/aromatic N) is 3. The number of hydrogen-bond acceptors (Lipinski definition) is 7. The van der Waals surface area contributed by atoms with Gasteiger partial charge in [-0.05, 0) is 56.7 Å². The van der Waals surface area contributed by atoms with Crippen LogP contribution in [0.2, 0.25) is 5.28 Å². The fraction of sp³-hybridized carbons (Fsp3) is 0.714. The Bertz CT molecular complexity index is 888. The van der Waals surface area contributed by atoms with Gasteiger partial charge in [0.1, 0.15) is 10.6 Å². The van der Waals surface area contributed by atoms with Crippen molar-refractivity contribution in [3.63, 3.8) is 0 Å². The van der Waals surface area contributed by atoms with Gasteiger partial charge in [0.25, 0.3) is 0 Å². The largest absolute Gasteiger partial charge is 0.379 e. The number of hydrogen-bond donors (Lipinski definition) is 1. The Morgan fingerprint density at radius 1 is 1.14 bits per heavy atom. The SMILES string of the molecule is CC1(C)Cc2c(sc3nc(Cl)nc(NC4CCC(N5CCOCC5)CC4)c23)CO1. The molecule has 1 N–H and O–H groups in total. The summed E-state index contributed by atoms with van der Waals surface area (Å²) in [7, 11) is 0. The van der Waals surface area contributed by atoms with Gasteiger partial charge in [-0.25, -0.2) is 9.97 Å². The van der Waals surface area contributed by atoms with Crippen LogP contribution in [0.3, 0.4) is 0 Å². The lowest BCUT2D eigenvalue weighted by Crippen LogP contribution is -2.46. The van der Waals surface area contributed by atoms with E-state index in [4.69, 9.17) is 21.1 Å². The highest BCUT2D eigenvalue weighted by molar-refractivity contribution is 7.19. The van der Waals surface area contributed by atoms with Crippen LogP contribution in [0.25, 0.3) is 10.2 Å². The van der Waals surface area contributed by atoms with E-state index in [1.165, 1.54) is 23.3 Å². The maximum atomic E-state index is 6.28. The molecule has 0 amide bonds. The van der Waals surface area contributed by atoms with E-state index >= 15 is 0 Å². The predicted octanol–water partition coefficient (Wildman–Crippen LogP) is 4.25. The number of aromatic nitrogens is 2. The van der Waals surface area contributed by atoms with E-state index in [2.05, 4.69) is 34.0 Å². The molecule has 0 spiro atoms. The van der Waals surface area contributed by atoms with Gasteiger partial charge in [-0.3, -0.25) is 4.90 Å². The molecular weight excluding hydrogens is 408 g/mol. The third-order valence-electron chi connectivity index (χ3n) is 6.50. The number of anilines is 1. The first-order chi connectivity index (χ1) is 14.0. The molecule has 0 bridgehead atoms. The van der Waals surface area contributed by atoms with Crippen molar-refractivity contribution in [3.05, 3.63) is 15.7 Å². The fourth-order valence-electron chi connectivity index (χ4n) is 4.94. The summed E-state index contributed by atoms with van der Waals surface area (Å²) in [5.74, 6) is 0.907. The Balaban J connectivity index is 1.35. The maximum absolute atomic E-state index is 6.28. The van der Waals surface area contributed by atoms with Crippen molar-refractivity contribution >= 4 is 39.0 Å². The van der Waals surface area contributed by atoms with E-state index in [1.54, 1.807) is 11.3 Å². The third-order valence-corrected chi connectivity index (χ3v) is 7.77. The Labute approximate surface area is 180 Å². The van der Waals surface area contributed by atoms with Gasteiger partial charge < -0.3 is 14.8 Å². The van der Waals surface area contributed by atoms with Crippen LogP contribution in [0.15, 0.2) is 0 Å². The van der Waals surface area contributed by atoms with Gasteiger partial charge in [0, 0.05) is 36.5 Å². The van der Waals surface area contributed by atoms with Crippen molar-refractivity contribution in [2.75, 3.05) is 31.6 Å². The van der Waals surface area contributed by atoms with Crippen molar-refractivity contribution in [2.24, 2.45) is 0 Å². The first-order valence-electron chi connectivity index (χ1n) is 10.7. The van der Waals surface area contributed by atoms with Crippen LogP contribution in [-0.4, -0.2) is 58.9 Å². The van der Waals surface area contributed by atoms with Crippen molar-refractivity contribution in [1.82, 2.24) is 14.9 Å². The summed E-state index contributed by atoms with van der Waals surface area (Å²) >= 11 is 7.97. The quantitative estimate of drug-likeness (QED) is 0.726. The Hall–Kier alpha value is -0.990. The third kappa shape index (κ3) is 4.12. The number of morpholine rings is 1. The molecule has 2 aliphatic heterocycles. The highest BCUT2D eigenvalue weighted by Crippen LogP contribution is 2.41. The summed E-state index contributed by atoms with van der Waals surface area (Å²) in [5, 5.41) is 5.21. The normalized spacial score (nSPS) is 27.7. The molecule has 2 fully saturated rings. The molecule has 0 unspecified atom stereocenters. The van der Waals surface area contributed by atoms with Crippen molar-refractivity contribution in [2.45, 2.75) is 70.2 Å². The number of nitrogens with one attached hydrogen (secondary N) is 1. The Morgan fingerprint density at radius 2 is 1.90 bits per heavy atom. The van der Waals surface area contributed by atoms with E-state index < -0.39 is 0 Å². The molecule has 29 heavy (non-hydrogen) atoms. The van der Waals surface area contributed by atoms with Crippen molar-refractivity contribution in [3.8, 4) is 0 Å². The topological polar surface area (TPSA) is 59.5 Å². The van der Waals surface area contributed by atoms with Crippen LogP contribution >= 0.6 is 22.9 Å². The average molecular weight is 437 g/mol. The molecular formula is C21H29ClN4O2S. The lowest BCUT2D eigenvalue weighted by molar-refractivity contribution is -0.0379. The molecule has 4 heterocycles. The van der Waals surface area contributed by atoms with E-state index in [9.17, 15) is 0 Å². The van der Waals surface area contributed by atoms with Crippen LogP contribution in [0.1, 0.15) is 50.0 Å². The molecule has 3 aliphatic rings. The number of ether oxygens (including phenoxy) is 2. The zero-order chi connectivity index (χ0) is 20.0. The minimum absolute atomic E-state index is 0.159. The molecule has 0 radical (unpaired) electrons. The summed E-state index contributed by atoms with van der Waals surface area (Å²) in [6, 6.07) is 1.13. The lowest BCUT2D eigenvalue weighted by atomic mass is 9.89. The summed E-state index contributed by atoms with van der Waals surface area (Å²) < 4.78 is 11.5. The fourth-order valence-corrected chi connectivity index (χ4v) is 6.27. The van der Waals surface area contributed by atoms with Gasteiger partial charge in [-0.2, -0.15) is 0 Å². The number of rotatable bonds is 3. The Kier molecular flexibility index (Phi) is 5.45. The molecule has 2 aromatic rings. The monoisotopic (exact) mass is 436 g/mol. The van der Waals surface area contributed by atoms with Gasteiger partial charge in [0.2, 0.25) is 5.28 Å². The maximum Gasteiger partial charge on any atom is 0.225 e. The smallest absolute Gasteiger partial charge is 0.225 e. The van der Waals surface area contributed by atoms with Gasteiger partial charge >= 0.3 is 0 Å². The zero-order valence-electron chi connectivity index (χ0n) is 17.2. The molecule has 0 aromatic carbocycles. The van der Waals surface area contributed by atoms with E-state index in [-0.39, 0.29) is 5.60 Å². The van der Waals surface area contributed by atoms with Crippen LogP contribution in [0.5, 0.6) is 0 Å². The van der Waals surface area contributed by atoms with E-state index in [0.717, 1.165) is 61.6 Å².